The first-order chi connectivity index (χ1) is 12.3. The molecule has 1 unspecified atom stereocenters. The van der Waals surface area contributed by atoms with Crippen molar-refractivity contribution in [1.82, 2.24) is 4.90 Å². The molecule has 2 aliphatic heterocycles. The Bertz CT molecular complexity index is 979. The first-order valence-corrected chi connectivity index (χ1v) is 9.12. The molecule has 3 aromatic rings. The van der Waals surface area contributed by atoms with Crippen molar-refractivity contribution in [3.05, 3.63) is 47.5 Å². The number of hydrogen-bond donors (Lipinski definition) is 0. The van der Waals surface area contributed by atoms with Crippen molar-refractivity contribution >= 4 is 21.5 Å². The molecular formula is C22H23NO2. The van der Waals surface area contributed by atoms with E-state index in [1.54, 1.807) is 19.8 Å². The summed E-state index contributed by atoms with van der Waals surface area (Å²) >= 11 is 0. The average Bonchev–Trinajstić information content (AvgIpc) is 3.13. The molecule has 3 nitrogen and oxygen atoms in total. The molecule has 0 N–H and O–H groups in total. The largest absolute Gasteiger partial charge is 0.493 e. The monoisotopic (exact) mass is 333 g/mol. The third-order valence-electron chi connectivity index (χ3n) is 6.06. The molecule has 0 bridgehead atoms. The van der Waals surface area contributed by atoms with Crippen molar-refractivity contribution in [3.8, 4) is 11.5 Å². The predicted molar refractivity (Wildman–Crippen MR) is 102 cm³/mol. The number of nitrogens with zero attached hydrogens (tertiary/aromatic N) is 1. The first kappa shape index (κ1) is 15.0. The third-order valence-corrected chi connectivity index (χ3v) is 6.06. The molecule has 0 radical (unpaired) electrons. The second-order valence-electron chi connectivity index (χ2n) is 7.23. The highest BCUT2D eigenvalue weighted by atomic mass is 16.5. The average molecular weight is 333 g/mol. The summed E-state index contributed by atoms with van der Waals surface area (Å²) in [6.45, 7) is 2.28. The molecule has 25 heavy (non-hydrogen) atoms. The molecule has 128 valence electrons. The van der Waals surface area contributed by atoms with E-state index >= 15 is 0 Å². The Kier molecular flexibility index (Phi) is 3.39. The molecule has 5 rings (SSSR count). The summed E-state index contributed by atoms with van der Waals surface area (Å²) in [6, 6.07) is 13.9. The smallest absolute Gasteiger partial charge is 0.161 e. The van der Waals surface area contributed by atoms with Crippen LogP contribution in [0.1, 0.15) is 24.0 Å². The molecular weight excluding hydrogens is 310 g/mol. The van der Waals surface area contributed by atoms with Gasteiger partial charge in [-0.1, -0.05) is 24.3 Å². The molecule has 0 spiro atoms. The maximum absolute atomic E-state index is 5.60. The Morgan fingerprint density at radius 3 is 2.36 bits per heavy atom. The van der Waals surface area contributed by atoms with Crippen LogP contribution in [-0.4, -0.2) is 31.7 Å². The van der Waals surface area contributed by atoms with Crippen LogP contribution in [0.3, 0.4) is 0 Å². The van der Waals surface area contributed by atoms with E-state index in [-0.39, 0.29) is 0 Å². The molecule has 3 aromatic carbocycles. The van der Waals surface area contributed by atoms with Crippen molar-refractivity contribution in [2.45, 2.75) is 31.8 Å². The summed E-state index contributed by atoms with van der Waals surface area (Å²) < 4.78 is 11.2. The van der Waals surface area contributed by atoms with E-state index in [1.165, 1.54) is 52.9 Å². The molecule has 2 heterocycles. The van der Waals surface area contributed by atoms with Crippen LogP contribution in [0.5, 0.6) is 11.5 Å². The zero-order chi connectivity index (χ0) is 17.0. The lowest BCUT2D eigenvalue weighted by Gasteiger charge is -2.33. The molecule has 1 atom stereocenters. The van der Waals surface area contributed by atoms with Crippen LogP contribution < -0.4 is 9.47 Å². The summed E-state index contributed by atoms with van der Waals surface area (Å²) in [7, 11) is 3.42. The second kappa shape index (κ2) is 5.63. The number of fused-ring (bicyclic) bond motifs is 7. The van der Waals surface area contributed by atoms with E-state index in [4.69, 9.17) is 9.47 Å². The van der Waals surface area contributed by atoms with E-state index in [1.807, 2.05) is 0 Å². The van der Waals surface area contributed by atoms with Gasteiger partial charge >= 0.3 is 0 Å². The predicted octanol–water partition coefficient (Wildman–Crippen LogP) is 4.53. The van der Waals surface area contributed by atoms with Crippen LogP contribution in [0.4, 0.5) is 0 Å². The van der Waals surface area contributed by atoms with E-state index in [0.717, 1.165) is 18.0 Å². The van der Waals surface area contributed by atoms with Crippen LogP contribution in [0, 0.1) is 0 Å². The fraction of sp³-hybridized carbons (Fsp3) is 0.364. The number of hydrogen-bond acceptors (Lipinski definition) is 3. The van der Waals surface area contributed by atoms with Gasteiger partial charge in [-0.2, -0.15) is 0 Å². The summed E-state index contributed by atoms with van der Waals surface area (Å²) in [6.07, 6.45) is 3.82. The van der Waals surface area contributed by atoms with Crippen LogP contribution in [0.25, 0.3) is 21.5 Å². The van der Waals surface area contributed by atoms with E-state index in [9.17, 15) is 0 Å². The first-order valence-electron chi connectivity index (χ1n) is 9.12. The van der Waals surface area contributed by atoms with Gasteiger partial charge in [0.15, 0.2) is 11.5 Å². The molecule has 3 heteroatoms. The summed E-state index contributed by atoms with van der Waals surface area (Å²) in [5.74, 6) is 1.62. The minimum Gasteiger partial charge on any atom is -0.493 e. The van der Waals surface area contributed by atoms with Crippen LogP contribution in [0.2, 0.25) is 0 Å². The van der Waals surface area contributed by atoms with Crippen molar-refractivity contribution in [2.75, 3.05) is 20.8 Å². The van der Waals surface area contributed by atoms with Crippen LogP contribution in [0.15, 0.2) is 36.4 Å². The van der Waals surface area contributed by atoms with E-state index in [0.29, 0.717) is 6.04 Å². The van der Waals surface area contributed by atoms with Gasteiger partial charge in [0, 0.05) is 12.6 Å². The fourth-order valence-corrected chi connectivity index (χ4v) is 4.84. The Labute approximate surface area is 148 Å². The minimum atomic E-state index is 0.716. The Morgan fingerprint density at radius 1 is 0.880 bits per heavy atom. The fourth-order valence-electron chi connectivity index (χ4n) is 4.84. The van der Waals surface area contributed by atoms with Gasteiger partial charge < -0.3 is 9.47 Å². The standard InChI is InChI=1S/C22H23NO2/c1-24-21-11-18-16-8-4-3-7-15(16)17-10-14-6-5-9-23(14)13-20(17)19(18)12-22(21)25-2/h3-4,7-8,11-12,14H,5-6,9-10,13H2,1-2H3. The lowest BCUT2D eigenvalue weighted by Crippen LogP contribution is -2.35. The Hall–Kier alpha value is -2.26. The summed E-state index contributed by atoms with van der Waals surface area (Å²) in [5.41, 5.74) is 3.02. The van der Waals surface area contributed by atoms with Gasteiger partial charge in [-0.3, -0.25) is 4.90 Å². The van der Waals surface area contributed by atoms with Crippen molar-refractivity contribution in [2.24, 2.45) is 0 Å². The quantitative estimate of drug-likeness (QED) is 0.643. The highest BCUT2D eigenvalue weighted by molar-refractivity contribution is 6.11. The molecule has 1 saturated heterocycles. The van der Waals surface area contributed by atoms with Gasteiger partial charge in [0.1, 0.15) is 0 Å². The molecule has 0 saturated carbocycles. The summed E-state index contributed by atoms with van der Waals surface area (Å²) in [4.78, 5) is 2.66. The van der Waals surface area contributed by atoms with E-state index in [2.05, 4.69) is 41.3 Å². The SMILES string of the molecule is COc1cc2c3c(c4ccccc4c2cc1OC)CC1CCCN1C3. The maximum Gasteiger partial charge on any atom is 0.161 e. The number of rotatable bonds is 2. The van der Waals surface area contributed by atoms with Crippen molar-refractivity contribution in [1.29, 1.82) is 0 Å². The maximum atomic E-state index is 5.60. The normalized spacial score (nSPS) is 19.8. The highest BCUT2D eigenvalue weighted by Crippen LogP contribution is 2.43. The van der Waals surface area contributed by atoms with Crippen LogP contribution >= 0.6 is 0 Å². The van der Waals surface area contributed by atoms with Crippen LogP contribution in [-0.2, 0) is 13.0 Å². The molecule has 0 aliphatic carbocycles. The Morgan fingerprint density at radius 2 is 1.60 bits per heavy atom. The lowest BCUT2D eigenvalue weighted by molar-refractivity contribution is 0.229. The van der Waals surface area contributed by atoms with Crippen molar-refractivity contribution in [3.63, 3.8) is 0 Å². The van der Waals surface area contributed by atoms with Gasteiger partial charge in [-0.25, -0.2) is 0 Å². The van der Waals surface area contributed by atoms with Crippen molar-refractivity contribution < 1.29 is 9.47 Å². The number of ether oxygens (including phenoxy) is 2. The topological polar surface area (TPSA) is 21.7 Å². The zero-order valence-electron chi connectivity index (χ0n) is 14.8. The molecule has 2 aliphatic rings. The van der Waals surface area contributed by atoms with Gasteiger partial charge in [-0.05, 0) is 70.6 Å². The summed E-state index contributed by atoms with van der Waals surface area (Å²) in [5, 5.41) is 5.31. The Balaban J connectivity index is 1.88. The van der Waals surface area contributed by atoms with Gasteiger partial charge in [0.05, 0.1) is 14.2 Å². The van der Waals surface area contributed by atoms with E-state index < -0.39 is 0 Å². The molecule has 0 aromatic heterocycles. The highest BCUT2D eigenvalue weighted by Gasteiger charge is 2.32. The van der Waals surface area contributed by atoms with Gasteiger partial charge in [0.2, 0.25) is 0 Å². The lowest BCUT2D eigenvalue weighted by atomic mass is 9.85. The second-order valence-corrected chi connectivity index (χ2v) is 7.23. The van der Waals surface area contributed by atoms with Gasteiger partial charge in [0.25, 0.3) is 0 Å². The zero-order valence-corrected chi connectivity index (χ0v) is 14.8. The van der Waals surface area contributed by atoms with Gasteiger partial charge in [-0.15, -0.1) is 0 Å². The third kappa shape index (κ3) is 2.15. The molecule has 1 fully saturated rings. The number of benzene rings is 3. The number of methoxy groups -OCH3 is 2. The molecule has 0 amide bonds. The minimum absolute atomic E-state index is 0.716.